The van der Waals surface area contributed by atoms with Crippen molar-refractivity contribution in [2.45, 2.75) is 97.2 Å². The molecule has 0 saturated heterocycles. The van der Waals surface area contributed by atoms with E-state index in [-0.39, 0.29) is 25.4 Å². The molecule has 10 heteroatoms. The van der Waals surface area contributed by atoms with Crippen LogP contribution in [-0.4, -0.2) is 56.2 Å². The first-order valence-electron chi connectivity index (χ1n) is 13.7. The zero-order valence-electron chi connectivity index (χ0n) is 23.6. The van der Waals surface area contributed by atoms with Gasteiger partial charge >= 0.3 is 12.1 Å². The minimum atomic E-state index is -0.926. The number of amides is 3. The van der Waals surface area contributed by atoms with E-state index in [2.05, 4.69) is 27.6 Å². The molecule has 0 saturated carbocycles. The van der Waals surface area contributed by atoms with Crippen molar-refractivity contribution in [2.75, 3.05) is 20.2 Å². The first-order chi connectivity index (χ1) is 18.4. The number of carbonyl (C=O) groups is 4. The molecule has 0 radical (unpaired) electrons. The van der Waals surface area contributed by atoms with Gasteiger partial charge in [-0.1, -0.05) is 70.4 Å². The molecule has 1 aromatic carbocycles. The molecule has 0 heterocycles. The van der Waals surface area contributed by atoms with E-state index in [1.165, 1.54) is 7.11 Å². The Hall–Kier alpha value is -3.14. The lowest BCUT2D eigenvalue weighted by atomic mass is 10.1. The summed E-state index contributed by atoms with van der Waals surface area (Å²) in [7, 11) is 1.27. The van der Waals surface area contributed by atoms with Crippen molar-refractivity contribution in [2.24, 2.45) is 5.73 Å². The number of nitrogens with two attached hydrogens (primary N) is 1. The van der Waals surface area contributed by atoms with Crippen LogP contribution in [0, 0.1) is 0 Å². The van der Waals surface area contributed by atoms with Gasteiger partial charge in [-0.2, -0.15) is 0 Å². The summed E-state index contributed by atoms with van der Waals surface area (Å²) in [4.78, 5) is 48.4. The van der Waals surface area contributed by atoms with Gasteiger partial charge in [-0.3, -0.25) is 14.4 Å². The van der Waals surface area contributed by atoms with E-state index in [0.717, 1.165) is 31.2 Å². The Labute approximate surface area is 227 Å². The minimum Gasteiger partial charge on any atom is -0.469 e. The molecule has 2 unspecified atom stereocenters. The van der Waals surface area contributed by atoms with Gasteiger partial charge in [0.25, 0.3) is 0 Å². The number of ether oxygens (including phenoxy) is 2. The SMILES string of the molecule is CC.CCCCCCNC(=O)C(CCCCNC(=O)OCc1ccccc1)NC(=O)C(N)CCC(=O)OC. The molecule has 2 atom stereocenters. The Kier molecular flexibility index (Phi) is 21.1. The Morgan fingerprint density at radius 3 is 2.18 bits per heavy atom. The first-order valence-corrected chi connectivity index (χ1v) is 13.7. The van der Waals surface area contributed by atoms with Crippen LogP contribution >= 0.6 is 0 Å². The molecule has 10 nitrogen and oxygen atoms in total. The van der Waals surface area contributed by atoms with Crippen LogP contribution in [0.4, 0.5) is 4.79 Å². The largest absolute Gasteiger partial charge is 0.469 e. The molecule has 5 N–H and O–H groups in total. The summed E-state index contributed by atoms with van der Waals surface area (Å²) in [6, 6.07) is 7.71. The lowest BCUT2D eigenvalue weighted by Crippen LogP contribution is -2.51. The Balaban J connectivity index is 0.00000667. The number of rotatable bonds is 18. The minimum absolute atomic E-state index is 0.0193. The normalized spacial score (nSPS) is 11.7. The van der Waals surface area contributed by atoms with E-state index in [1.807, 2.05) is 44.2 Å². The Morgan fingerprint density at radius 1 is 0.868 bits per heavy atom. The maximum Gasteiger partial charge on any atom is 0.407 e. The van der Waals surface area contributed by atoms with E-state index in [0.29, 0.717) is 32.4 Å². The quantitative estimate of drug-likeness (QED) is 0.165. The second kappa shape index (κ2) is 23.0. The molecule has 1 rings (SSSR count). The summed E-state index contributed by atoms with van der Waals surface area (Å²) in [5, 5.41) is 8.28. The average molecular weight is 537 g/mol. The second-order valence-electron chi connectivity index (χ2n) is 8.62. The van der Waals surface area contributed by atoms with Crippen molar-refractivity contribution in [1.82, 2.24) is 16.0 Å². The van der Waals surface area contributed by atoms with Crippen LogP contribution in [0.25, 0.3) is 0 Å². The predicted octanol–water partition coefficient (Wildman–Crippen LogP) is 3.57. The van der Waals surface area contributed by atoms with Gasteiger partial charge in [-0.25, -0.2) is 4.79 Å². The third-order valence-electron chi connectivity index (χ3n) is 5.59. The molecule has 0 aliphatic carbocycles. The maximum atomic E-state index is 12.7. The monoisotopic (exact) mass is 536 g/mol. The van der Waals surface area contributed by atoms with Crippen molar-refractivity contribution in [3.8, 4) is 0 Å². The summed E-state index contributed by atoms with van der Waals surface area (Å²) < 4.78 is 9.75. The molecule has 1 aromatic rings. The van der Waals surface area contributed by atoms with E-state index in [4.69, 9.17) is 10.5 Å². The van der Waals surface area contributed by atoms with Gasteiger partial charge in [0.2, 0.25) is 11.8 Å². The number of esters is 1. The molecule has 0 aliphatic rings. The zero-order valence-corrected chi connectivity index (χ0v) is 23.6. The number of benzene rings is 1. The molecule has 216 valence electrons. The van der Waals surface area contributed by atoms with Crippen LogP contribution < -0.4 is 21.7 Å². The van der Waals surface area contributed by atoms with Crippen molar-refractivity contribution < 1.29 is 28.7 Å². The smallest absolute Gasteiger partial charge is 0.407 e. The maximum absolute atomic E-state index is 12.7. The lowest BCUT2D eigenvalue weighted by molar-refractivity contribution is -0.141. The standard InChI is InChI=1S/C26H42N4O6.C2H6/c1-3-4-5-10-17-28-25(33)22(30-24(32)21(27)15-16-23(31)35-2)14-9-11-18-29-26(34)36-19-20-12-7-6-8-13-20;1-2/h6-8,12-13,21-22H,3-5,9-11,14-19,27H2,1-2H3,(H,28,33)(H,29,34)(H,30,32);1-2H3. The van der Waals surface area contributed by atoms with Gasteiger partial charge in [0.05, 0.1) is 13.2 Å². The molecule has 0 aromatic heterocycles. The van der Waals surface area contributed by atoms with Crippen LogP contribution in [0.5, 0.6) is 0 Å². The van der Waals surface area contributed by atoms with E-state index >= 15 is 0 Å². The Morgan fingerprint density at radius 2 is 1.53 bits per heavy atom. The molecule has 0 aliphatic heterocycles. The third kappa shape index (κ3) is 17.3. The van der Waals surface area contributed by atoms with E-state index in [9.17, 15) is 19.2 Å². The van der Waals surface area contributed by atoms with Crippen LogP contribution in [0.3, 0.4) is 0 Å². The van der Waals surface area contributed by atoms with Crippen molar-refractivity contribution >= 4 is 23.9 Å². The molecule has 0 bridgehead atoms. The number of nitrogens with one attached hydrogen (secondary N) is 3. The summed E-state index contributed by atoms with van der Waals surface area (Å²) in [5.74, 6) is -1.21. The summed E-state index contributed by atoms with van der Waals surface area (Å²) >= 11 is 0. The number of unbranched alkanes of at least 4 members (excludes halogenated alkanes) is 4. The number of methoxy groups -OCH3 is 1. The number of carbonyl (C=O) groups excluding carboxylic acids is 4. The van der Waals surface area contributed by atoms with Gasteiger partial charge in [0.15, 0.2) is 0 Å². The average Bonchev–Trinajstić information content (AvgIpc) is 2.94. The molecular weight excluding hydrogens is 488 g/mol. The van der Waals surface area contributed by atoms with E-state index in [1.54, 1.807) is 0 Å². The van der Waals surface area contributed by atoms with Gasteiger partial charge in [0, 0.05) is 19.5 Å². The molecule has 0 fully saturated rings. The highest BCUT2D eigenvalue weighted by Crippen LogP contribution is 2.05. The summed E-state index contributed by atoms with van der Waals surface area (Å²) in [6.45, 7) is 7.22. The number of alkyl carbamates (subject to hydrolysis) is 1. The molecule has 0 spiro atoms. The highest BCUT2D eigenvalue weighted by atomic mass is 16.5. The van der Waals surface area contributed by atoms with Crippen LogP contribution in [0.1, 0.15) is 84.1 Å². The molecule has 3 amide bonds. The fraction of sp³-hybridized carbons (Fsp3) is 0.643. The van der Waals surface area contributed by atoms with Gasteiger partial charge in [-0.05, 0) is 37.7 Å². The summed E-state index contributed by atoms with van der Waals surface area (Å²) in [5.41, 5.74) is 6.79. The fourth-order valence-electron chi connectivity index (χ4n) is 3.38. The highest BCUT2D eigenvalue weighted by molar-refractivity contribution is 5.89. The zero-order chi connectivity index (χ0) is 28.6. The van der Waals surface area contributed by atoms with Crippen LogP contribution in [0.15, 0.2) is 30.3 Å². The lowest BCUT2D eigenvalue weighted by Gasteiger charge is -2.21. The Bertz CT molecular complexity index is 791. The summed E-state index contributed by atoms with van der Waals surface area (Å²) in [6.07, 6.45) is 5.31. The van der Waals surface area contributed by atoms with Crippen molar-refractivity contribution in [3.63, 3.8) is 0 Å². The molecule has 38 heavy (non-hydrogen) atoms. The fourth-order valence-corrected chi connectivity index (χ4v) is 3.38. The first kappa shape index (κ1) is 34.9. The van der Waals surface area contributed by atoms with Gasteiger partial charge in [0.1, 0.15) is 12.6 Å². The molecular formula is C28H48N4O6. The number of hydrogen-bond donors (Lipinski definition) is 4. The predicted molar refractivity (Wildman–Crippen MR) is 148 cm³/mol. The van der Waals surface area contributed by atoms with Crippen molar-refractivity contribution in [3.05, 3.63) is 35.9 Å². The topological polar surface area (TPSA) is 149 Å². The van der Waals surface area contributed by atoms with E-state index < -0.39 is 30.1 Å². The van der Waals surface area contributed by atoms with Gasteiger partial charge < -0.3 is 31.2 Å². The van der Waals surface area contributed by atoms with Gasteiger partial charge in [-0.15, -0.1) is 0 Å². The second-order valence-corrected chi connectivity index (χ2v) is 8.62. The third-order valence-corrected chi connectivity index (χ3v) is 5.59. The number of hydrogen-bond acceptors (Lipinski definition) is 7. The van der Waals surface area contributed by atoms with Crippen LogP contribution in [-0.2, 0) is 30.5 Å². The van der Waals surface area contributed by atoms with Crippen LogP contribution in [0.2, 0.25) is 0 Å². The van der Waals surface area contributed by atoms with Crippen molar-refractivity contribution in [1.29, 1.82) is 0 Å². The highest BCUT2D eigenvalue weighted by Gasteiger charge is 2.23.